The number of rotatable bonds is 7. The summed E-state index contributed by atoms with van der Waals surface area (Å²) in [7, 11) is 0. The average Bonchev–Trinajstić information content (AvgIpc) is 2.64. The van der Waals surface area contributed by atoms with Crippen LogP contribution in [0, 0.1) is 0 Å². The molecule has 1 saturated heterocycles. The summed E-state index contributed by atoms with van der Waals surface area (Å²) in [5.74, 6) is -2.51. The van der Waals surface area contributed by atoms with E-state index in [1.54, 1.807) is 0 Å². The third-order valence-corrected chi connectivity index (χ3v) is 5.10. The molecule has 5 unspecified atom stereocenters. The summed E-state index contributed by atoms with van der Waals surface area (Å²) < 4.78 is 27.2. The highest BCUT2D eigenvalue weighted by Crippen LogP contribution is 2.37. The van der Waals surface area contributed by atoms with E-state index in [1.807, 2.05) is 30.3 Å². The molecule has 1 aliphatic heterocycles. The van der Waals surface area contributed by atoms with Crippen LogP contribution in [0.3, 0.4) is 0 Å². The quantitative estimate of drug-likeness (QED) is 0.460. The van der Waals surface area contributed by atoms with Crippen LogP contribution in [0.2, 0.25) is 0 Å². The first-order valence-corrected chi connectivity index (χ1v) is 10.1. The maximum Gasteiger partial charge on any atom is 0.303 e. The van der Waals surface area contributed by atoms with Crippen LogP contribution >= 0.6 is 11.8 Å². The average molecular weight is 440 g/mol. The fourth-order valence-electron chi connectivity index (χ4n) is 2.92. The molecule has 0 saturated carbocycles. The van der Waals surface area contributed by atoms with E-state index in [-0.39, 0.29) is 6.61 Å². The van der Waals surface area contributed by atoms with Crippen LogP contribution in [0.25, 0.3) is 0 Å². The van der Waals surface area contributed by atoms with Gasteiger partial charge in [-0.1, -0.05) is 30.0 Å². The Morgan fingerprint density at radius 1 is 0.800 bits per heavy atom. The highest BCUT2D eigenvalue weighted by molar-refractivity contribution is 7.99. The Labute approximate surface area is 178 Å². The van der Waals surface area contributed by atoms with E-state index in [0.717, 1.165) is 4.90 Å². The first kappa shape index (κ1) is 23.7. The van der Waals surface area contributed by atoms with Crippen LogP contribution in [-0.4, -0.2) is 60.3 Å². The molecule has 0 aliphatic carbocycles. The van der Waals surface area contributed by atoms with Gasteiger partial charge in [0.25, 0.3) is 0 Å². The highest BCUT2D eigenvalue weighted by Gasteiger charge is 2.52. The molecule has 0 amide bonds. The van der Waals surface area contributed by atoms with Gasteiger partial charge in [0, 0.05) is 32.6 Å². The molecule has 5 atom stereocenters. The van der Waals surface area contributed by atoms with Crippen molar-refractivity contribution < 1.29 is 42.9 Å². The van der Waals surface area contributed by atoms with Crippen molar-refractivity contribution in [3.63, 3.8) is 0 Å². The van der Waals surface area contributed by atoms with Gasteiger partial charge in [-0.05, 0) is 12.1 Å². The topological polar surface area (TPSA) is 114 Å². The summed E-state index contributed by atoms with van der Waals surface area (Å²) in [5.41, 5.74) is -0.826. The maximum atomic E-state index is 11.8. The van der Waals surface area contributed by atoms with Gasteiger partial charge in [0.05, 0.1) is 0 Å². The van der Waals surface area contributed by atoms with E-state index in [9.17, 15) is 19.2 Å². The van der Waals surface area contributed by atoms with Gasteiger partial charge in [0.2, 0.25) is 0 Å². The van der Waals surface area contributed by atoms with Crippen molar-refractivity contribution in [2.24, 2.45) is 0 Å². The normalized spacial score (nSPS) is 25.7. The van der Waals surface area contributed by atoms with E-state index >= 15 is 0 Å². The van der Waals surface area contributed by atoms with Crippen molar-refractivity contribution in [2.75, 3.05) is 6.61 Å². The SMILES string of the molecule is CC(=O)OCC1OC(Sc2ccccc2)C(OC(C)=O)C(OC(C)=O)C1OC(C)=O. The molecule has 0 spiro atoms. The molecule has 164 valence electrons. The minimum Gasteiger partial charge on any atom is -0.463 e. The predicted octanol–water partition coefficient (Wildman–Crippen LogP) is 1.86. The van der Waals surface area contributed by atoms with Gasteiger partial charge >= 0.3 is 23.9 Å². The lowest BCUT2D eigenvalue weighted by Crippen LogP contribution is -2.61. The van der Waals surface area contributed by atoms with Crippen molar-refractivity contribution in [1.29, 1.82) is 0 Å². The molecule has 0 bridgehead atoms. The van der Waals surface area contributed by atoms with Crippen LogP contribution in [0.4, 0.5) is 0 Å². The maximum absolute atomic E-state index is 11.8. The lowest BCUT2D eigenvalue weighted by atomic mass is 9.99. The molecule has 0 radical (unpaired) electrons. The van der Waals surface area contributed by atoms with Gasteiger partial charge in [-0.2, -0.15) is 0 Å². The van der Waals surface area contributed by atoms with Crippen LogP contribution in [-0.2, 0) is 42.9 Å². The van der Waals surface area contributed by atoms with Crippen molar-refractivity contribution in [2.45, 2.75) is 62.4 Å². The largest absolute Gasteiger partial charge is 0.463 e. The molecular weight excluding hydrogens is 416 g/mol. The Hall–Kier alpha value is -2.59. The molecule has 1 fully saturated rings. The van der Waals surface area contributed by atoms with E-state index in [0.29, 0.717) is 0 Å². The second kappa shape index (κ2) is 11.0. The zero-order valence-electron chi connectivity index (χ0n) is 17.1. The number of thioether (sulfide) groups is 1. The van der Waals surface area contributed by atoms with Crippen LogP contribution in [0.1, 0.15) is 27.7 Å². The Morgan fingerprint density at radius 2 is 1.33 bits per heavy atom. The van der Waals surface area contributed by atoms with Crippen LogP contribution in [0.5, 0.6) is 0 Å². The number of carbonyl (C=O) groups is 4. The summed E-state index contributed by atoms with van der Waals surface area (Å²) in [6, 6.07) is 9.16. The van der Waals surface area contributed by atoms with Crippen molar-refractivity contribution >= 4 is 35.6 Å². The minimum atomic E-state index is -1.16. The third-order valence-electron chi connectivity index (χ3n) is 3.94. The molecule has 1 aromatic rings. The number of hydrogen-bond donors (Lipinski definition) is 0. The van der Waals surface area contributed by atoms with E-state index < -0.39 is 53.7 Å². The van der Waals surface area contributed by atoms with E-state index in [1.165, 1.54) is 39.5 Å². The molecule has 1 aromatic carbocycles. The lowest BCUT2D eigenvalue weighted by Gasteiger charge is -2.44. The summed E-state index contributed by atoms with van der Waals surface area (Å²) in [6.07, 6.45) is -4.33. The lowest BCUT2D eigenvalue weighted by molar-refractivity contribution is -0.237. The second-order valence-corrected chi connectivity index (χ2v) is 7.67. The molecule has 1 heterocycles. The second-order valence-electron chi connectivity index (χ2n) is 6.50. The zero-order chi connectivity index (χ0) is 22.3. The third kappa shape index (κ3) is 7.03. The van der Waals surface area contributed by atoms with Gasteiger partial charge in [0.1, 0.15) is 18.1 Å². The smallest absolute Gasteiger partial charge is 0.303 e. The Morgan fingerprint density at radius 3 is 1.87 bits per heavy atom. The van der Waals surface area contributed by atoms with Gasteiger partial charge < -0.3 is 23.7 Å². The van der Waals surface area contributed by atoms with Gasteiger partial charge in [0.15, 0.2) is 18.3 Å². The standard InChI is InChI=1S/C20H24O9S/c1-11(21)25-10-16-17(26-12(2)22)18(27-13(3)23)19(28-14(4)24)20(29-16)30-15-8-6-5-7-9-15/h5-9,16-20H,10H2,1-4H3. The number of benzene rings is 1. The molecule has 10 heteroatoms. The summed E-state index contributed by atoms with van der Waals surface area (Å²) in [5, 5.41) is 0. The Balaban J connectivity index is 2.42. The molecule has 30 heavy (non-hydrogen) atoms. The molecule has 0 aromatic heterocycles. The van der Waals surface area contributed by atoms with Crippen molar-refractivity contribution in [3.8, 4) is 0 Å². The van der Waals surface area contributed by atoms with Crippen molar-refractivity contribution in [3.05, 3.63) is 30.3 Å². The number of esters is 4. The summed E-state index contributed by atoms with van der Waals surface area (Å²) >= 11 is 1.23. The Kier molecular flexibility index (Phi) is 8.67. The number of hydrogen-bond acceptors (Lipinski definition) is 10. The fraction of sp³-hybridized carbons (Fsp3) is 0.500. The summed E-state index contributed by atoms with van der Waals surface area (Å²) in [4.78, 5) is 47.3. The zero-order valence-corrected chi connectivity index (χ0v) is 17.9. The first-order valence-electron chi connectivity index (χ1n) is 9.19. The number of ether oxygens (including phenoxy) is 5. The molecule has 1 aliphatic rings. The van der Waals surface area contributed by atoms with Gasteiger partial charge in [-0.25, -0.2) is 0 Å². The minimum absolute atomic E-state index is 0.246. The summed E-state index contributed by atoms with van der Waals surface area (Å²) in [6.45, 7) is 4.56. The first-order chi connectivity index (χ1) is 14.2. The van der Waals surface area contributed by atoms with E-state index in [4.69, 9.17) is 23.7 Å². The van der Waals surface area contributed by atoms with E-state index in [2.05, 4.69) is 0 Å². The molecule has 9 nitrogen and oxygen atoms in total. The van der Waals surface area contributed by atoms with Crippen LogP contribution < -0.4 is 0 Å². The Bertz CT molecular complexity index is 767. The molecule has 0 N–H and O–H groups in total. The molecule has 2 rings (SSSR count). The fourth-order valence-corrected chi connectivity index (χ4v) is 4.04. The van der Waals surface area contributed by atoms with Crippen molar-refractivity contribution in [1.82, 2.24) is 0 Å². The van der Waals surface area contributed by atoms with Crippen LogP contribution in [0.15, 0.2) is 35.2 Å². The predicted molar refractivity (Wildman–Crippen MR) is 104 cm³/mol. The molecular formula is C20H24O9S. The van der Waals surface area contributed by atoms with Gasteiger partial charge in [-0.15, -0.1) is 0 Å². The van der Waals surface area contributed by atoms with Gasteiger partial charge in [-0.3, -0.25) is 19.2 Å². The highest BCUT2D eigenvalue weighted by atomic mass is 32.2. The number of carbonyl (C=O) groups excluding carboxylic acids is 4. The monoisotopic (exact) mass is 440 g/mol.